The van der Waals surface area contributed by atoms with Crippen molar-refractivity contribution in [2.75, 3.05) is 0 Å². The van der Waals surface area contributed by atoms with Gasteiger partial charge in [-0.25, -0.2) is 0 Å². The van der Waals surface area contributed by atoms with E-state index in [0.717, 1.165) is 19.3 Å². The van der Waals surface area contributed by atoms with Crippen LogP contribution >= 0.6 is 0 Å². The van der Waals surface area contributed by atoms with E-state index in [1.807, 2.05) is 6.92 Å². The van der Waals surface area contributed by atoms with Crippen molar-refractivity contribution in [1.82, 2.24) is 0 Å². The summed E-state index contributed by atoms with van der Waals surface area (Å²) in [4.78, 5) is 0. The first kappa shape index (κ1) is 6.57. The number of nitrogens with zero attached hydrogens (tertiary/aromatic N) is 1. The van der Waals surface area contributed by atoms with Crippen LogP contribution in [0.3, 0.4) is 0 Å². The Balaban J connectivity index is 2.34. The van der Waals surface area contributed by atoms with Gasteiger partial charge in [0.1, 0.15) is 6.10 Å². The highest BCUT2D eigenvalue weighted by Crippen LogP contribution is 2.17. The normalized spacial score (nSPS) is 35.6. The summed E-state index contributed by atoms with van der Waals surface area (Å²) in [6.07, 6.45) is 3.33. The molecule has 0 amide bonds. The lowest BCUT2D eigenvalue weighted by Crippen LogP contribution is -2.23. The standard InChI is InChI=1S/C7H11NO/c1-6-3-2-4-7(5-8)9-6/h6-7H,2-4H2,1H3/t6-,7?/m0/s1. The largest absolute Gasteiger partial charge is 0.360 e. The van der Waals surface area contributed by atoms with Crippen LogP contribution in [-0.4, -0.2) is 12.2 Å². The van der Waals surface area contributed by atoms with Crippen LogP contribution in [0, 0.1) is 11.3 Å². The molecule has 1 fully saturated rings. The average molecular weight is 125 g/mol. The van der Waals surface area contributed by atoms with E-state index < -0.39 is 0 Å². The van der Waals surface area contributed by atoms with E-state index >= 15 is 0 Å². The minimum Gasteiger partial charge on any atom is -0.360 e. The maximum Gasteiger partial charge on any atom is 0.144 e. The maximum absolute atomic E-state index is 8.43. The number of ether oxygens (including phenoxy) is 1. The first-order valence-electron chi connectivity index (χ1n) is 3.38. The second-order valence-corrected chi connectivity index (χ2v) is 2.50. The molecule has 0 saturated carbocycles. The summed E-state index contributed by atoms with van der Waals surface area (Å²) in [5.41, 5.74) is 0. The molecule has 9 heavy (non-hydrogen) atoms. The topological polar surface area (TPSA) is 33.0 Å². The number of hydrogen-bond donors (Lipinski definition) is 0. The summed E-state index contributed by atoms with van der Waals surface area (Å²) in [6, 6.07) is 2.11. The van der Waals surface area contributed by atoms with Gasteiger partial charge < -0.3 is 4.74 Å². The van der Waals surface area contributed by atoms with Crippen LogP contribution in [0.1, 0.15) is 26.2 Å². The van der Waals surface area contributed by atoms with Gasteiger partial charge in [0.2, 0.25) is 0 Å². The molecule has 1 heterocycles. The molecule has 2 heteroatoms. The number of rotatable bonds is 0. The van der Waals surface area contributed by atoms with E-state index in [0.29, 0.717) is 6.10 Å². The maximum atomic E-state index is 8.43. The molecule has 2 atom stereocenters. The van der Waals surface area contributed by atoms with E-state index in [9.17, 15) is 0 Å². The van der Waals surface area contributed by atoms with Crippen LogP contribution in [0.5, 0.6) is 0 Å². The summed E-state index contributed by atoms with van der Waals surface area (Å²) < 4.78 is 5.27. The van der Waals surface area contributed by atoms with Gasteiger partial charge in [0, 0.05) is 0 Å². The molecule has 50 valence electrons. The Hall–Kier alpha value is -0.550. The average Bonchev–Trinajstić information content (AvgIpc) is 1.88. The summed E-state index contributed by atoms with van der Waals surface area (Å²) >= 11 is 0. The highest BCUT2D eigenvalue weighted by molar-refractivity contribution is 4.86. The third-order valence-corrected chi connectivity index (χ3v) is 1.62. The van der Waals surface area contributed by atoms with Gasteiger partial charge in [-0.05, 0) is 26.2 Å². The van der Waals surface area contributed by atoms with E-state index in [2.05, 4.69) is 6.07 Å². The fourth-order valence-electron chi connectivity index (χ4n) is 1.10. The van der Waals surface area contributed by atoms with Crippen LogP contribution in [0.25, 0.3) is 0 Å². The summed E-state index contributed by atoms with van der Waals surface area (Å²) in [5, 5.41) is 8.43. The van der Waals surface area contributed by atoms with Crippen molar-refractivity contribution in [2.45, 2.75) is 38.4 Å². The Morgan fingerprint density at radius 2 is 2.33 bits per heavy atom. The monoisotopic (exact) mass is 125 g/mol. The van der Waals surface area contributed by atoms with Gasteiger partial charge >= 0.3 is 0 Å². The zero-order valence-electron chi connectivity index (χ0n) is 5.63. The van der Waals surface area contributed by atoms with Crippen molar-refractivity contribution in [3.05, 3.63) is 0 Å². The highest BCUT2D eigenvalue weighted by atomic mass is 16.5. The second kappa shape index (κ2) is 2.84. The third kappa shape index (κ3) is 1.69. The molecular formula is C7H11NO. The molecular weight excluding hydrogens is 114 g/mol. The van der Waals surface area contributed by atoms with Gasteiger partial charge in [-0.3, -0.25) is 0 Å². The van der Waals surface area contributed by atoms with Gasteiger partial charge in [-0.1, -0.05) is 0 Å². The predicted molar refractivity (Wildman–Crippen MR) is 33.8 cm³/mol. The van der Waals surface area contributed by atoms with E-state index in [4.69, 9.17) is 10.00 Å². The van der Waals surface area contributed by atoms with Crippen molar-refractivity contribution < 1.29 is 4.74 Å². The highest BCUT2D eigenvalue weighted by Gasteiger charge is 2.17. The van der Waals surface area contributed by atoms with E-state index in [1.165, 1.54) is 0 Å². The summed E-state index contributed by atoms with van der Waals surface area (Å²) in [6.45, 7) is 2.02. The van der Waals surface area contributed by atoms with Gasteiger partial charge in [0.15, 0.2) is 0 Å². The van der Waals surface area contributed by atoms with Crippen molar-refractivity contribution in [3.8, 4) is 6.07 Å². The van der Waals surface area contributed by atoms with Crippen molar-refractivity contribution in [1.29, 1.82) is 5.26 Å². The van der Waals surface area contributed by atoms with Crippen molar-refractivity contribution in [3.63, 3.8) is 0 Å². The molecule has 2 nitrogen and oxygen atoms in total. The Labute approximate surface area is 55.4 Å². The molecule has 0 aliphatic carbocycles. The van der Waals surface area contributed by atoms with Crippen LogP contribution in [0.15, 0.2) is 0 Å². The quantitative estimate of drug-likeness (QED) is 0.491. The third-order valence-electron chi connectivity index (χ3n) is 1.62. The number of nitriles is 1. The minimum absolute atomic E-state index is 0.131. The fraction of sp³-hybridized carbons (Fsp3) is 0.857. The van der Waals surface area contributed by atoms with Crippen LogP contribution in [0.4, 0.5) is 0 Å². The van der Waals surface area contributed by atoms with E-state index in [1.54, 1.807) is 0 Å². The van der Waals surface area contributed by atoms with Crippen LogP contribution in [0.2, 0.25) is 0 Å². The molecule has 0 aromatic carbocycles. The lowest BCUT2D eigenvalue weighted by Gasteiger charge is -2.22. The minimum atomic E-state index is -0.131. The first-order valence-corrected chi connectivity index (χ1v) is 3.38. The zero-order valence-corrected chi connectivity index (χ0v) is 5.63. The molecule has 0 radical (unpaired) electrons. The van der Waals surface area contributed by atoms with Gasteiger partial charge in [0.05, 0.1) is 12.2 Å². The molecule has 1 aliphatic rings. The second-order valence-electron chi connectivity index (χ2n) is 2.50. The molecule has 0 bridgehead atoms. The Morgan fingerprint density at radius 1 is 1.56 bits per heavy atom. The molecule has 1 saturated heterocycles. The number of hydrogen-bond acceptors (Lipinski definition) is 2. The smallest absolute Gasteiger partial charge is 0.144 e. The predicted octanol–water partition coefficient (Wildman–Crippen LogP) is 1.47. The first-order chi connectivity index (χ1) is 4.33. The molecule has 0 spiro atoms. The SMILES string of the molecule is C[C@H]1CCCC(C#N)O1. The molecule has 1 aliphatic heterocycles. The van der Waals surface area contributed by atoms with Crippen molar-refractivity contribution >= 4 is 0 Å². The van der Waals surface area contributed by atoms with Gasteiger partial charge in [-0.15, -0.1) is 0 Å². The molecule has 1 unspecified atom stereocenters. The lowest BCUT2D eigenvalue weighted by molar-refractivity contribution is -0.0101. The van der Waals surface area contributed by atoms with Crippen molar-refractivity contribution in [2.24, 2.45) is 0 Å². The van der Waals surface area contributed by atoms with Crippen LogP contribution in [-0.2, 0) is 4.74 Å². The summed E-state index contributed by atoms with van der Waals surface area (Å²) in [7, 11) is 0. The molecule has 1 rings (SSSR count). The molecule has 0 N–H and O–H groups in total. The zero-order chi connectivity index (χ0) is 6.69. The summed E-state index contributed by atoms with van der Waals surface area (Å²) in [5.74, 6) is 0. The Morgan fingerprint density at radius 3 is 2.78 bits per heavy atom. The van der Waals surface area contributed by atoms with E-state index in [-0.39, 0.29) is 6.10 Å². The Kier molecular flexibility index (Phi) is 2.07. The molecule has 0 aromatic heterocycles. The fourth-order valence-corrected chi connectivity index (χ4v) is 1.10. The van der Waals surface area contributed by atoms with Gasteiger partial charge in [0.25, 0.3) is 0 Å². The van der Waals surface area contributed by atoms with Gasteiger partial charge in [-0.2, -0.15) is 5.26 Å². The lowest BCUT2D eigenvalue weighted by atomic mass is 10.1. The van der Waals surface area contributed by atoms with Crippen LogP contribution < -0.4 is 0 Å². The molecule has 0 aromatic rings. The Bertz CT molecular complexity index is 127.